The summed E-state index contributed by atoms with van der Waals surface area (Å²) < 4.78 is 5.20. The van der Waals surface area contributed by atoms with Gasteiger partial charge in [0.2, 0.25) is 0 Å². The second kappa shape index (κ2) is 3.62. The van der Waals surface area contributed by atoms with Gasteiger partial charge in [0.25, 0.3) is 0 Å². The first kappa shape index (κ1) is 12.2. The van der Waals surface area contributed by atoms with Crippen molar-refractivity contribution in [3.05, 3.63) is 0 Å². The minimum absolute atomic E-state index is 0.0983. The molecule has 15 heavy (non-hydrogen) atoms. The number of rotatable bonds is 2. The molecule has 1 aliphatic carbocycles. The summed E-state index contributed by atoms with van der Waals surface area (Å²) in [6.45, 7) is 9.14. The van der Waals surface area contributed by atoms with Crippen molar-refractivity contribution in [3.63, 3.8) is 0 Å². The van der Waals surface area contributed by atoms with Crippen molar-refractivity contribution in [2.75, 3.05) is 0 Å². The number of Topliss-reactive ketones (excluding diaryl/α,β-unsaturated/α-hetero) is 1. The standard InChI is InChI=1S/C12H20O3/c1-8(13)12(5)7-10(15-9(2)14)6-11(12,3)4/h10H,6-7H2,1-5H3. The molecule has 0 radical (unpaired) electrons. The smallest absolute Gasteiger partial charge is 0.302 e. The number of ether oxygens (including phenoxy) is 1. The maximum atomic E-state index is 11.7. The minimum atomic E-state index is -0.368. The highest BCUT2D eigenvalue weighted by molar-refractivity contribution is 5.83. The van der Waals surface area contributed by atoms with Crippen LogP contribution < -0.4 is 0 Å². The Morgan fingerprint density at radius 2 is 1.67 bits per heavy atom. The Morgan fingerprint density at radius 3 is 2.00 bits per heavy atom. The van der Waals surface area contributed by atoms with Crippen LogP contribution in [0.3, 0.4) is 0 Å². The van der Waals surface area contributed by atoms with E-state index >= 15 is 0 Å². The number of hydrogen-bond donors (Lipinski definition) is 0. The first-order valence-electron chi connectivity index (χ1n) is 5.37. The molecule has 3 heteroatoms. The molecule has 0 spiro atoms. The molecule has 3 nitrogen and oxygen atoms in total. The molecule has 1 fully saturated rings. The zero-order chi connectivity index (χ0) is 11.9. The molecule has 2 unspecified atom stereocenters. The van der Waals surface area contributed by atoms with Crippen LogP contribution in [0.1, 0.15) is 47.5 Å². The summed E-state index contributed by atoms with van der Waals surface area (Å²) in [5.41, 5.74) is -0.466. The Bertz CT molecular complexity index is 293. The summed E-state index contributed by atoms with van der Waals surface area (Å²) in [7, 11) is 0. The number of esters is 1. The van der Waals surface area contributed by atoms with Crippen molar-refractivity contribution in [1.29, 1.82) is 0 Å². The molecule has 2 atom stereocenters. The van der Waals surface area contributed by atoms with Gasteiger partial charge in [-0.3, -0.25) is 9.59 Å². The Kier molecular flexibility index (Phi) is 2.94. The van der Waals surface area contributed by atoms with Crippen molar-refractivity contribution in [2.24, 2.45) is 10.8 Å². The molecule has 0 aromatic heterocycles. The molecule has 1 rings (SSSR count). The second-order valence-electron chi connectivity index (χ2n) is 5.41. The highest BCUT2D eigenvalue weighted by Gasteiger charge is 2.53. The maximum Gasteiger partial charge on any atom is 0.302 e. The van der Waals surface area contributed by atoms with Gasteiger partial charge in [-0.05, 0) is 25.2 Å². The first-order chi connectivity index (χ1) is 6.69. The number of carbonyl (C=O) groups is 2. The van der Waals surface area contributed by atoms with E-state index in [1.807, 2.05) is 6.92 Å². The normalized spacial score (nSPS) is 33.8. The van der Waals surface area contributed by atoms with E-state index < -0.39 is 0 Å². The maximum absolute atomic E-state index is 11.7. The van der Waals surface area contributed by atoms with Gasteiger partial charge in [0.15, 0.2) is 0 Å². The molecule has 0 aromatic carbocycles. The van der Waals surface area contributed by atoms with Gasteiger partial charge in [-0.25, -0.2) is 0 Å². The van der Waals surface area contributed by atoms with Gasteiger partial charge in [0.05, 0.1) is 0 Å². The summed E-state index contributed by atoms with van der Waals surface area (Å²) in [6.07, 6.45) is 1.31. The fraction of sp³-hybridized carbons (Fsp3) is 0.833. The van der Waals surface area contributed by atoms with Gasteiger partial charge in [0, 0.05) is 12.3 Å². The largest absolute Gasteiger partial charge is 0.463 e. The second-order valence-corrected chi connectivity index (χ2v) is 5.41. The van der Waals surface area contributed by atoms with E-state index in [9.17, 15) is 9.59 Å². The average molecular weight is 212 g/mol. The van der Waals surface area contributed by atoms with Crippen LogP contribution >= 0.6 is 0 Å². The Labute approximate surface area is 91.2 Å². The number of hydrogen-bond acceptors (Lipinski definition) is 3. The number of carbonyl (C=O) groups excluding carboxylic acids is 2. The Hall–Kier alpha value is -0.860. The van der Waals surface area contributed by atoms with Gasteiger partial charge in [-0.2, -0.15) is 0 Å². The lowest BCUT2D eigenvalue weighted by molar-refractivity contribution is -0.146. The van der Waals surface area contributed by atoms with E-state index in [2.05, 4.69) is 13.8 Å². The molecule has 0 bridgehead atoms. The summed E-state index contributed by atoms with van der Waals surface area (Å²) in [5, 5.41) is 0. The molecule has 0 heterocycles. The van der Waals surface area contributed by atoms with Crippen molar-refractivity contribution < 1.29 is 14.3 Å². The Morgan fingerprint density at radius 1 is 1.13 bits per heavy atom. The van der Waals surface area contributed by atoms with Gasteiger partial charge in [-0.1, -0.05) is 20.8 Å². The lowest BCUT2D eigenvalue weighted by Crippen LogP contribution is -2.36. The minimum Gasteiger partial charge on any atom is -0.463 e. The zero-order valence-electron chi connectivity index (χ0n) is 10.2. The monoisotopic (exact) mass is 212 g/mol. The molecule has 1 aliphatic rings. The predicted molar refractivity (Wildman–Crippen MR) is 57.4 cm³/mol. The van der Waals surface area contributed by atoms with Gasteiger partial charge in [-0.15, -0.1) is 0 Å². The molecular formula is C12H20O3. The van der Waals surface area contributed by atoms with Crippen molar-refractivity contribution in [3.8, 4) is 0 Å². The quantitative estimate of drug-likeness (QED) is 0.660. The molecular weight excluding hydrogens is 192 g/mol. The zero-order valence-corrected chi connectivity index (χ0v) is 10.2. The van der Waals surface area contributed by atoms with E-state index in [0.717, 1.165) is 6.42 Å². The van der Waals surface area contributed by atoms with Crippen LogP contribution in [-0.4, -0.2) is 17.9 Å². The van der Waals surface area contributed by atoms with Crippen LogP contribution in [0, 0.1) is 10.8 Å². The van der Waals surface area contributed by atoms with Gasteiger partial charge >= 0.3 is 5.97 Å². The topological polar surface area (TPSA) is 43.4 Å². The third-order valence-corrected chi connectivity index (χ3v) is 3.98. The lowest BCUT2D eigenvalue weighted by Gasteiger charge is -2.35. The average Bonchev–Trinajstić information content (AvgIpc) is 2.21. The summed E-state index contributed by atoms with van der Waals surface area (Å²) >= 11 is 0. The SMILES string of the molecule is CC(=O)OC1CC(C)(C)C(C)(C(C)=O)C1. The van der Waals surface area contributed by atoms with E-state index in [1.54, 1.807) is 6.92 Å². The van der Waals surface area contributed by atoms with Crippen molar-refractivity contribution in [1.82, 2.24) is 0 Å². The van der Waals surface area contributed by atoms with Crippen LogP contribution in [0.2, 0.25) is 0 Å². The third-order valence-electron chi connectivity index (χ3n) is 3.98. The molecule has 86 valence electrons. The van der Waals surface area contributed by atoms with Crippen molar-refractivity contribution in [2.45, 2.75) is 53.6 Å². The van der Waals surface area contributed by atoms with Crippen LogP contribution in [-0.2, 0) is 14.3 Å². The first-order valence-corrected chi connectivity index (χ1v) is 5.37. The van der Waals surface area contributed by atoms with Crippen molar-refractivity contribution >= 4 is 11.8 Å². The van der Waals surface area contributed by atoms with E-state index in [4.69, 9.17) is 4.74 Å². The highest BCUT2D eigenvalue weighted by Crippen LogP contribution is 2.53. The summed E-state index contributed by atoms with van der Waals surface area (Å²) in [6, 6.07) is 0. The fourth-order valence-corrected chi connectivity index (χ4v) is 2.54. The summed E-state index contributed by atoms with van der Waals surface area (Å²) in [4.78, 5) is 22.6. The van der Waals surface area contributed by atoms with Crippen LogP contribution in [0.25, 0.3) is 0 Å². The molecule has 0 aliphatic heterocycles. The van der Waals surface area contributed by atoms with Gasteiger partial charge < -0.3 is 4.74 Å². The Balaban J connectivity index is 2.85. The molecule has 0 N–H and O–H groups in total. The van der Waals surface area contributed by atoms with Crippen LogP contribution in [0.4, 0.5) is 0 Å². The molecule has 0 amide bonds. The van der Waals surface area contributed by atoms with Gasteiger partial charge in [0.1, 0.15) is 11.9 Å². The van der Waals surface area contributed by atoms with E-state index in [0.29, 0.717) is 6.42 Å². The molecule has 1 saturated carbocycles. The van der Waals surface area contributed by atoms with E-state index in [-0.39, 0.29) is 28.7 Å². The van der Waals surface area contributed by atoms with E-state index in [1.165, 1.54) is 6.92 Å². The number of ketones is 1. The van der Waals surface area contributed by atoms with Crippen LogP contribution in [0.15, 0.2) is 0 Å². The third kappa shape index (κ3) is 2.06. The predicted octanol–water partition coefficient (Wildman–Crippen LogP) is 2.33. The fourth-order valence-electron chi connectivity index (χ4n) is 2.54. The highest BCUT2D eigenvalue weighted by atomic mass is 16.5. The summed E-state index contributed by atoms with van der Waals surface area (Å²) in [5.74, 6) is -0.0780. The molecule has 0 saturated heterocycles. The lowest BCUT2D eigenvalue weighted by atomic mass is 9.67. The van der Waals surface area contributed by atoms with Crippen LogP contribution in [0.5, 0.6) is 0 Å². The molecule has 0 aromatic rings.